The van der Waals surface area contributed by atoms with Gasteiger partial charge >= 0.3 is 5.97 Å². The molecule has 1 rings (SSSR count). The van der Waals surface area contributed by atoms with Gasteiger partial charge in [0, 0.05) is 0 Å². The average Bonchev–Trinajstić information content (AvgIpc) is 3.28. The van der Waals surface area contributed by atoms with Crippen LogP contribution in [0.2, 0.25) is 0 Å². The highest BCUT2D eigenvalue weighted by Gasteiger charge is 2.30. The summed E-state index contributed by atoms with van der Waals surface area (Å²) in [5.41, 5.74) is 0. The Morgan fingerprint density at radius 2 is 1.65 bits per heavy atom. The van der Waals surface area contributed by atoms with E-state index in [9.17, 15) is 4.79 Å². The average molecular weight is 278 g/mol. The van der Waals surface area contributed by atoms with Gasteiger partial charge in [-0.05, 0) is 39.0 Å². The van der Waals surface area contributed by atoms with Crippen molar-refractivity contribution in [2.45, 2.75) is 71.1 Å². The maximum absolute atomic E-state index is 11.3. The van der Waals surface area contributed by atoms with Crippen LogP contribution in [0, 0.1) is 5.92 Å². The Bertz CT molecular complexity index is 301. The second kappa shape index (κ2) is 11.7. The number of ether oxygens (including phenoxy) is 1. The Kier molecular flexibility index (Phi) is 9.99. The van der Waals surface area contributed by atoms with Crippen LogP contribution in [0.15, 0.2) is 24.3 Å². The summed E-state index contributed by atoms with van der Waals surface area (Å²) in [5, 5.41) is 0. The van der Waals surface area contributed by atoms with Crippen LogP contribution in [-0.2, 0) is 9.53 Å². The van der Waals surface area contributed by atoms with Gasteiger partial charge in [-0.2, -0.15) is 0 Å². The quantitative estimate of drug-likeness (QED) is 0.279. The van der Waals surface area contributed by atoms with Gasteiger partial charge in [-0.1, -0.05) is 56.4 Å². The highest BCUT2D eigenvalue weighted by Crippen LogP contribution is 2.30. The molecule has 0 aromatic heterocycles. The summed E-state index contributed by atoms with van der Waals surface area (Å²) in [5.74, 6) is 0.285. The summed E-state index contributed by atoms with van der Waals surface area (Å²) in [6.45, 7) is 2.67. The van der Waals surface area contributed by atoms with Crippen molar-refractivity contribution >= 4 is 5.97 Å². The molecule has 0 N–H and O–H groups in total. The van der Waals surface area contributed by atoms with Crippen LogP contribution < -0.4 is 0 Å². The SMILES string of the molecule is C/C=C/C=C/CCCCCCCCCOC(=O)C1CC1. The van der Waals surface area contributed by atoms with E-state index >= 15 is 0 Å². The lowest BCUT2D eigenvalue weighted by Crippen LogP contribution is -2.07. The van der Waals surface area contributed by atoms with Crippen molar-refractivity contribution < 1.29 is 9.53 Å². The Morgan fingerprint density at radius 1 is 1.00 bits per heavy atom. The first-order valence-electron chi connectivity index (χ1n) is 8.29. The third-order valence-corrected chi connectivity index (χ3v) is 3.61. The third-order valence-electron chi connectivity index (χ3n) is 3.61. The largest absolute Gasteiger partial charge is 0.465 e. The van der Waals surface area contributed by atoms with E-state index in [0.717, 1.165) is 19.3 Å². The molecule has 2 nitrogen and oxygen atoms in total. The van der Waals surface area contributed by atoms with Crippen LogP contribution in [0.1, 0.15) is 71.1 Å². The second-order valence-electron chi connectivity index (χ2n) is 5.66. The highest BCUT2D eigenvalue weighted by molar-refractivity contribution is 5.74. The molecule has 0 radical (unpaired) electrons. The molecule has 2 heteroatoms. The van der Waals surface area contributed by atoms with Crippen molar-refractivity contribution in [2.24, 2.45) is 5.92 Å². The van der Waals surface area contributed by atoms with Crippen LogP contribution in [0.4, 0.5) is 0 Å². The molecule has 0 unspecified atom stereocenters. The predicted octanol–water partition coefficient (Wildman–Crippen LogP) is 5.19. The maximum Gasteiger partial charge on any atom is 0.308 e. The first kappa shape index (κ1) is 17.0. The smallest absolute Gasteiger partial charge is 0.308 e. The summed E-state index contributed by atoms with van der Waals surface area (Å²) >= 11 is 0. The summed E-state index contributed by atoms with van der Waals surface area (Å²) in [6, 6.07) is 0. The van der Waals surface area contributed by atoms with Crippen LogP contribution in [0.5, 0.6) is 0 Å². The van der Waals surface area contributed by atoms with Gasteiger partial charge < -0.3 is 4.74 Å². The molecule has 0 atom stereocenters. The van der Waals surface area contributed by atoms with Crippen molar-refractivity contribution in [3.8, 4) is 0 Å². The lowest BCUT2D eigenvalue weighted by molar-refractivity contribution is -0.145. The molecule has 20 heavy (non-hydrogen) atoms. The summed E-state index contributed by atoms with van der Waals surface area (Å²) in [7, 11) is 0. The fourth-order valence-corrected chi connectivity index (χ4v) is 2.14. The van der Waals surface area contributed by atoms with Gasteiger partial charge in [0.05, 0.1) is 12.5 Å². The van der Waals surface area contributed by atoms with E-state index < -0.39 is 0 Å². The molecule has 1 aliphatic rings. The van der Waals surface area contributed by atoms with Gasteiger partial charge in [0.2, 0.25) is 0 Å². The second-order valence-corrected chi connectivity index (χ2v) is 5.66. The fourth-order valence-electron chi connectivity index (χ4n) is 2.14. The minimum absolute atomic E-state index is 0.0379. The minimum atomic E-state index is 0.0379. The number of rotatable bonds is 12. The zero-order valence-corrected chi connectivity index (χ0v) is 13.0. The topological polar surface area (TPSA) is 26.3 Å². The molecule has 0 aromatic carbocycles. The lowest BCUT2D eigenvalue weighted by Gasteiger charge is -2.04. The normalized spacial score (nSPS) is 15.2. The zero-order chi connectivity index (χ0) is 14.5. The van der Waals surface area contributed by atoms with Gasteiger partial charge in [0.25, 0.3) is 0 Å². The molecule has 0 spiro atoms. The maximum atomic E-state index is 11.3. The van der Waals surface area contributed by atoms with Gasteiger partial charge in [-0.15, -0.1) is 0 Å². The van der Waals surface area contributed by atoms with E-state index in [0.29, 0.717) is 6.61 Å². The van der Waals surface area contributed by atoms with E-state index in [2.05, 4.69) is 24.3 Å². The van der Waals surface area contributed by atoms with Gasteiger partial charge in [0.15, 0.2) is 0 Å². The Balaban J connectivity index is 1.73. The van der Waals surface area contributed by atoms with Crippen LogP contribution in [-0.4, -0.2) is 12.6 Å². The molecule has 0 aromatic rings. The van der Waals surface area contributed by atoms with E-state index in [4.69, 9.17) is 4.74 Å². The number of esters is 1. The molecule has 0 amide bonds. The Hall–Kier alpha value is -1.05. The number of hydrogen-bond donors (Lipinski definition) is 0. The number of carbonyl (C=O) groups excluding carboxylic acids is 1. The van der Waals surface area contributed by atoms with E-state index in [1.807, 2.05) is 6.92 Å². The van der Waals surface area contributed by atoms with Crippen LogP contribution >= 0.6 is 0 Å². The first-order valence-corrected chi connectivity index (χ1v) is 8.29. The molecule has 114 valence electrons. The summed E-state index contributed by atoms with van der Waals surface area (Å²) in [4.78, 5) is 11.3. The molecule has 1 aliphatic carbocycles. The van der Waals surface area contributed by atoms with Crippen molar-refractivity contribution in [3.63, 3.8) is 0 Å². The highest BCUT2D eigenvalue weighted by atomic mass is 16.5. The standard InChI is InChI=1S/C18H30O2/c1-2-3-4-5-6-7-8-9-10-11-12-13-16-20-18(19)17-14-15-17/h2-5,17H,6-16H2,1H3/b3-2+,5-4+. The molecular formula is C18H30O2. The van der Waals surface area contributed by atoms with E-state index in [-0.39, 0.29) is 11.9 Å². The van der Waals surface area contributed by atoms with E-state index in [1.165, 1.54) is 44.9 Å². The molecular weight excluding hydrogens is 248 g/mol. The van der Waals surface area contributed by atoms with Crippen LogP contribution in [0.25, 0.3) is 0 Å². The molecule has 1 saturated carbocycles. The summed E-state index contributed by atoms with van der Waals surface area (Å²) < 4.78 is 5.21. The van der Waals surface area contributed by atoms with Gasteiger partial charge in [-0.25, -0.2) is 0 Å². The van der Waals surface area contributed by atoms with Crippen molar-refractivity contribution in [1.29, 1.82) is 0 Å². The number of unbranched alkanes of at least 4 members (excludes halogenated alkanes) is 7. The fraction of sp³-hybridized carbons (Fsp3) is 0.722. The van der Waals surface area contributed by atoms with Crippen molar-refractivity contribution in [1.82, 2.24) is 0 Å². The van der Waals surface area contributed by atoms with Crippen molar-refractivity contribution in [3.05, 3.63) is 24.3 Å². The molecule has 0 bridgehead atoms. The zero-order valence-electron chi connectivity index (χ0n) is 13.0. The number of carbonyl (C=O) groups is 1. The molecule has 0 saturated heterocycles. The lowest BCUT2D eigenvalue weighted by atomic mass is 10.1. The van der Waals surface area contributed by atoms with E-state index in [1.54, 1.807) is 0 Å². The van der Waals surface area contributed by atoms with Gasteiger partial charge in [-0.3, -0.25) is 4.79 Å². The predicted molar refractivity (Wildman–Crippen MR) is 84.6 cm³/mol. The van der Waals surface area contributed by atoms with Gasteiger partial charge in [0.1, 0.15) is 0 Å². The van der Waals surface area contributed by atoms with Crippen molar-refractivity contribution in [2.75, 3.05) is 6.61 Å². The molecule has 1 fully saturated rings. The Morgan fingerprint density at radius 3 is 2.30 bits per heavy atom. The van der Waals surface area contributed by atoms with Crippen LogP contribution in [0.3, 0.4) is 0 Å². The minimum Gasteiger partial charge on any atom is -0.465 e. The summed E-state index contributed by atoms with van der Waals surface area (Å²) in [6.07, 6.45) is 20.6. The monoisotopic (exact) mass is 278 g/mol. The number of hydrogen-bond acceptors (Lipinski definition) is 2. The Labute approximate surface area is 124 Å². The third kappa shape index (κ3) is 9.82. The number of allylic oxidation sites excluding steroid dienone is 4. The molecule has 0 heterocycles. The first-order chi connectivity index (χ1) is 9.84. The molecule has 0 aliphatic heterocycles.